The predicted molar refractivity (Wildman–Crippen MR) is 73.4 cm³/mol. The van der Waals surface area contributed by atoms with Gasteiger partial charge in [-0.25, -0.2) is 0 Å². The van der Waals surface area contributed by atoms with Crippen LogP contribution in [0.25, 0.3) is 0 Å². The minimum Gasteiger partial charge on any atom is -0.385 e. The van der Waals surface area contributed by atoms with E-state index in [0.29, 0.717) is 24.7 Å². The molecule has 0 fully saturated rings. The third-order valence-electron chi connectivity index (χ3n) is 2.68. The molecule has 0 saturated heterocycles. The van der Waals surface area contributed by atoms with E-state index in [1.54, 1.807) is 20.1 Å². The largest absolute Gasteiger partial charge is 0.385 e. The number of methoxy groups -OCH3 is 1. The summed E-state index contributed by atoms with van der Waals surface area (Å²) in [5, 5.41) is 6.55. The number of nitrogens with one attached hydrogen (secondary N) is 1. The average Bonchev–Trinajstić information content (AvgIpc) is 2.81. The van der Waals surface area contributed by atoms with Crippen molar-refractivity contribution >= 4 is 17.6 Å². The Kier molecular flexibility index (Phi) is 6.72. The molecule has 0 saturated carbocycles. The molecule has 0 spiro atoms. The fourth-order valence-electron chi connectivity index (χ4n) is 1.66. The van der Waals surface area contributed by atoms with Crippen molar-refractivity contribution < 1.29 is 18.8 Å². The first kappa shape index (κ1) is 16.2. The van der Waals surface area contributed by atoms with E-state index in [1.807, 2.05) is 0 Å². The van der Waals surface area contributed by atoms with Crippen LogP contribution in [0.15, 0.2) is 10.6 Å². The van der Waals surface area contributed by atoms with E-state index in [-0.39, 0.29) is 24.8 Å². The first-order valence-corrected chi connectivity index (χ1v) is 6.51. The molecule has 1 heterocycles. The maximum Gasteiger partial charge on any atom is 0.225 e. The van der Waals surface area contributed by atoms with Gasteiger partial charge in [-0.3, -0.25) is 14.5 Å². The zero-order chi connectivity index (χ0) is 15.0. The van der Waals surface area contributed by atoms with Crippen molar-refractivity contribution in [2.75, 3.05) is 31.7 Å². The van der Waals surface area contributed by atoms with Gasteiger partial charge in [0.15, 0.2) is 5.82 Å². The summed E-state index contributed by atoms with van der Waals surface area (Å²) < 4.78 is 9.83. The van der Waals surface area contributed by atoms with E-state index < -0.39 is 0 Å². The normalized spacial score (nSPS) is 10.3. The van der Waals surface area contributed by atoms with Crippen molar-refractivity contribution in [2.24, 2.45) is 0 Å². The lowest BCUT2D eigenvalue weighted by Crippen LogP contribution is -2.34. The minimum atomic E-state index is -0.175. The smallest absolute Gasteiger partial charge is 0.225 e. The second kappa shape index (κ2) is 8.31. The van der Waals surface area contributed by atoms with Crippen molar-refractivity contribution in [1.29, 1.82) is 0 Å². The van der Waals surface area contributed by atoms with Gasteiger partial charge in [-0.1, -0.05) is 5.16 Å². The molecular formula is C13H21N3O4. The molecule has 0 aliphatic heterocycles. The Morgan fingerprint density at radius 1 is 1.50 bits per heavy atom. The first-order chi connectivity index (χ1) is 9.54. The van der Waals surface area contributed by atoms with E-state index in [4.69, 9.17) is 9.26 Å². The van der Waals surface area contributed by atoms with E-state index in [1.165, 1.54) is 11.8 Å². The Bertz CT molecular complexity index is 445. The maximum atomic E-state index is 11.6. The quantitative estimate of drug-likeness (QED) is 0.716. The number of aryl methyl sites for hydroxylation is 1. The molecule has 20 heavy (non-hydrogen) atoms. The van der Waals surface area contributed by atoms with Gasteiger partial charge in [-0.05, 0) is 13.3 Å². The fraction of sp³-hybridized carbons (Fsp3) is 0.615. The summed E-state index contributed by atoms with van der Waals surface area (Å²) in [6.07, 6.45) is 0.986. The van der Waals surface area contributed by atoms with E-state index >= 15 is 0 Å². The molecule has 0 radical (unpaired) electrons. The number of ether oxygens (including phenoxy) is 1. The van der Waals surface area contributed by atoms with Crippen LogP contribution in [0.3, 0.4) is 0 Å². The molecule has 1 N–H and O–H groups in total. The Morgan fingerprint density at radius 2 is 2.25 bits per heavy atom. The second-order valence-electron chi connectivity index (χ2n) is 4.41. The van der Waals surface area contributed by atoms with E-state index in [2.05, 4.69) is 10.5 Å². The lowest BCUT2D eigenvalue weighted by atomic mass is 10.3. The average molecular weight is 283 g/mol. The van der Waals surface area contributed by atoms with Gasteiger partial charge in [0.1, 0.15) is 5.76 Å². The van der Waals surface area contributed by atoms with Gasteiger partial charge in [0.05, 0.1) is 0 Å². The summed E-state index contributed by atoms with van der Waals surface area (Å²) in [6.45, 7) is 4.63. The number of amides is 2. The summed E-state index contributed by atoms with van der Waals surface area (Å²) in [7, 11) is 1.62. The maximum absolute atomic E-state index is 11.6. The van der Waals surface area contributed by atoms with Crippen molar-refractivity contribution in [1.82, 2.24) is 10.5 Å². The standard InChI is InChI=1S/C13H21N3O4/c1-10-9-12(15-20-10)16(11(2)17)7-5-13(18)14-6-4-8-19-3/h9H,4-8H2,1-3H3,(H,14,18). The third-order valence-corrected chi connectivity index (χ3v) is 2.68. The number of carbonyl (C=O) groups excluding carboxylic acids is 2. The highest BCUT2D eigenvalue weighted by molar-refractivity contribution is 5.91. The monoisotopic (exact) mass is 283 g/mol. The van der Waals surface area contributed by atoms with Crippen LogP contribution in [-0.4, -0.2) is 43.8 Å². The van der Waals surface area contributed by atoms with Crippen LogP contribution < -0.4 is 10.2 Å². The minimum absolute atomic E-state index is 0.104. The van der Waals surface area contributed by atoms with Crippen LogP contribution in [0.5, 0.6) is 0 Å². The Labute approximate surface area is 118 Å². The van der Waals surface area contributed by atoms with Gasteiger partial charge in [-0.15, -0.1) is 0 Å². The molecule has 0 atom stereocenters. The summed E-state index contributed by atoms with van der Waals surface area (Å²) in [6, 6.07) is 1.66. The molecule has 0 aromatic carbocycles. The van der Waals surface area contributed by atoms with Gasteiger partial charge in [-0.2, -0.15) is 0 Å². The molecule has 1 aromatic rings. The lowest BCUT2D eigenvalue weighted by Gasteiger charge is -2.17. The zero-order valence-electron chi connectivity index (χ0n) is 12.1. The van der Waals surface area contributed by atoms with Crippen LogP contribution >= 0.6 is 0 Å². The molecule has 0 aliphatic carbocycles. The summed E-state index contributed by atoms with van der Waals surface area (Å²) in [4.78, 5) is 24.6. The molecule has 0 aliphatic rings. The number of rotatable bonds is 8. The van der Waals surface area contributed by atoms with Crippen molar-refractivity contribution in [3.8, 4) is 0 Å². The molecule has 7 nitrogen and oxygen atoms in total. The van der Waals surface area contributed by atoms with Crippen molar-refractivity contribution in [3.63, 3.8) is 0 Å². The Morgan fingerprint density at radius 3 is 2.80 bits per heavy atom. The molecule has 1 rings (SSSR count). The lowest BCUT2D eigenvalue weighted by molar-refractivity contribution is -0.121. The number of hydrogen-bond donors (Lipinski definition) is 1. The number of aromatic nitrogens is 1. The van der Waals surface area contributed by atoms with Gasteiger partial charge in [0.2, 0.25) is 11.8 Å². The number of nitrogens with zero attached hydrogens (tertiary/aromatic N) is 2. The first-order valence-electron chi connectivity index (χ1n) is 6.51. The van der Waals surface area contributed by atoms with Crippen LogP contribution in [-0.2, 0) is 14.3 Å². The van der Waals surface area contributed by atoms with Gasteiger partial charge in [0.25, 0.3) is 0 Å². The highest BCUT2D eigenvalue weighted by Gasteiger charge is 2.16. The molecule has 2 amide bonds. The zero-order valence-corrected chi connectivity index (χ0v) is 12.1. The molecule has 112 valence electrons. The van der Waals surface area contributed by atoms with Gasteiger partial charge < -0.3 is 14.6 Å². The predicted octanol–water partition coefficient (Wildman–Crippen LogP) is 0.879. The summed E-state index contributed by atoms with van der Waals surface area (Å²) >= 11 is 0. The van der Waals surface area contributed by atoms with Crippen LogP contribution in [0.4, 0.5) is 5.82 Å². The molecule has 0 unspecified atom stereocenters. The van der Waals surface area contributed by atoms with Crippen LogP contribution in [0.1, 0.15) is 25.5 Å². The summed E-state index contributed by atoms with van der Waals surface area (Å²) in [5.74, 6) is 0.774. The fourth-order valence-corrected chi connectivity index (χ4v) is 1.66. The third kappa shape index (κ3) is 5.40. The van der Waals surface area contributed by atoms with Crippen molar-refractivity contribution in [3.05, 3.63) is 11.8 Å². The van der Waals surface area contributed by atoms with Crippen LogP contribution in [0, 0.1) is 6.92 Å². The Hall–Kier alpha value is -1.89. The van der Waals surface area contributed by atoms with Gasteiger partial charge in [0, 0.05) is 46.2 Å². The summed E-state index contributed by atoms with van der Waals surface area (Å²) in [5.41, 5.74) is 0. The number of hydrogen-bond acceptors (Lipinski definition) is 5. The second-order valence-corrected chi connectivity index (χ2v) is 4.41. The highest BCUT2D eigenvalue weighted by Crippen LogP contribution is 2.14. The molecule has 0 bridgehead atoms. The SMILES string of the molecule is COCCCNC(=O)CCN(C(C)=O)c1cc(C)on1. The van der Waals surface area contributed by atoms with Crippen LogP contribution in [0.2, 0.25) is 0 Å². The van der Waals surface area contributed by atoms with Gasteiger partial charge >= 0.3 is 0 Å². The van der Waals surface area contributed by atoms with E-state index in [9.17, 15) is 9.59 Å². The van der Waals surface area contributed by atoms with E-state index in [0.717, 1.165) is 6.42 Å². The molecule has 7 heteroatoms. The molecule has 1 aromatic heterocycles. The number of anilines is 1. The highest BCUT2D eigenvalue weighted by atomic mass is 16.5. The Balaban J connectivity index is 2.40. The topological polar surface area (TPSA) is 84.7 Å². The van der Waals surface area contributed by atoms with Crippen molar-refractivity contribution in [2.45, 2.75) is 26.7 Å². The number of carbonyl (C=O) groups is 2. The molecular weight excluding hydrogens is 262 g/mol.